The lowest BCUT2D eigenvalue weighted by atomic mass is 10.1. The largest absolute Gasteiger partial charge is 0.496 e. The second-order valence-electron chi connectivity index (χ2n) is 6.20. The van der Waals surface area contributed by atoms with Crippen LogP contribution in [-0.2, 0) is 0 Å². The number of pyridine rings is 1. The molecule has 24 heavy (non-hydrogen) atoms. The fourth-order valence-corrected chi connectivity index (χ4v) is 2.96. The van der Waals surface area contributed by atoms with Crippen molar-refractivity contribution in [2.75, 3.05) is 13.7 Å². The lowest BCUT2D eigenvalue weighted by Gasteiger charge is -2.14. The monoisotopic (exact) mass is 325 g/mol. The van der Waals surface area contributed by atoms with Gasteiger partial charge in [0.1, 0.15) is 17.3 Å². The molecule has 0 unspecified atom stereocenters. The van der Waals surface area contributed by atoms with Crippen molar-refractivity contribution < 1.29 is 13.9 Å². The smallest absolute Gasteiger partial charge is 0.204 e. The van der Waals surface area contributed by atoms with E-state index in [4.69, 9.17) is 13.9 Å². The topological polar surface area (TPSA) is 64.5 Å². The van der Waals surface area contributed by atoms with Gasteiger partial charge in [0.2, 0.25) is 5.43 Å². The molecule has 5 nitrogen and oxygen atoms in total. The lowest BCUT2D eigenvalue weighted by Crippen LogP contribution is -2.12. The van der Waals surface area contributed by atoms with Crippen LogP contribution >= 0.6 is 0 Å². The number of benzene rings is 1. The highest BCUT2D eigenvalue weighted by molar-refractivity contribution is 5.93. The predicted octanol–water partition coefficient (Wildman–Crippen LogP) is 3.89. The molecule has 0 spiro atoms. The summed E-state index contributed by atoms with van der Waals surface area (Å²) in [6.07, 6.45) is 3.99. The highest BCUT2D eigenvalue weighted by Gasteiger charge is 2.23. The Kier molecular flexibility index (Phi) is 3.56. The van der Waals surface area contributed by atoms with Crippen molar-refractivity contribution in [3.8, 4) is 22.8 Å². The second kappa shape index (κ2) is 5.74. The summed E-state index contributed by atoms with van der Waals surface area (Å²) < 4.78 is 16.8. The van der Waals surface area contributed by atoms with E-state index in [0.717, 1.165) is 5.69 Å². The minimum atomic E-state index is -0.120. The number of hydrogen-bond donors (Lipinski definition) is 1. The first-order chi connectivity index (χ1) is 11.7. The fraction of sp³-hybridized carbons (Fsp3) is 0.316. The molecule has 1 aromatic carbocycles. The molecule has 0 saturated heterocycles. The number of methoxy groups -OCH3 is 1. The zero-order valence-electron chi connectivity index (χ0n) is 13.7. The van der Waals surface area contributed by atoms with E-state index >= 15 is 0 Å². The van der Waals surface area contributed by atoms with Crippen molar-refractivity contribution in [2.24, 2.45) is 5.92 Å². The minimum absolute atomic E-state index is 0.120. The van der Waals surface area contributed by atoms with Crippen LogP contribution in [0.3, 0.4) is 0 Å². The quantitative estimate of drug-likeness (QED) is 0.773. The summed E-state index contributed by atoms with van der Waals surface area (Å²) in [5, 5.41) is 0.489. The molecule has 0 amide bonds. The number of aryl methyl sites for hydroxylation is 1. The highest BCUT2D eigenvalue weighted by Crippen LogP contribution is 2.35. The van der Waals surface area contributed by atoms with E-state index in [-0.39, 0.29) is 5.43 Å². The summed E-state index contributed by atoms with van der Waals surface area (Å²) in [6.45, 7) is 2.55. The average Bonchev–Trinajstić information content (AvgIpc) is 3.26. The molecule has 1 aliphatic rings. The van der Waals surface area contributed by atoms with Crippen LogP contribution in [0.15, 0.2) is 39.7 Å². The molecular weight excluding hydrogens is 306 g/mol. The van der Waals surface area contributed by atoms with Crippen molar-refractivity contribution in [1.82, 2.24) is 4.98 Å². The van der Waals surface area contributed by atoms with Crippen LogP contribution in [-0.4, -0.2) is 18.7 Å². The number of ether oxygens (including phenoxy) is 2. The first kappa shape index (κ1) is 14.9. The third-order valence-corrected chi connectivity index (χ3v) is 4.43. The molecule has 3 aromatic rings. The molecule has 1 saturated carbocycles. The summed E-state index contributed by atoms with van der Waals surface area (Å²) in [7, 11) is 1.56. The van der Waals surface area contributed by atoms with Crippen LogP contribution in [0.5, 0.6) is 11.5 Å². The summed E-state index contributed by atoms with van der Waals surface area (Å²) in [5.41, 5.74) is 1.81. The van der Waals surface area contributed by atoms with Gasteiger partial charge in [0.25, 0.3) is 0 Å². The van der Waals surface area contributed by atoms with E-state index in [0.29, 0.717) is 46.3 Å². The van der Waals surface area contributed by atoms with Gasteiger partial charge < -0.3 is 18.9 Å². The summed E-state index contributed by atoms with van der Waals surface area (Å²) >= 11 is 0. The molecule has 1 N–H and O–H groups in total. The van der Waals surface area contributed by atoms with Gasteiger partial charge in [0.15, 0.2) is 0 Å². The Balaban J connectivity index is 1.94. The fourth-order valence-electron chi connectivity index (χ4n) is 2.96. The number of H-pyrrole nitrogens is 1. The molecule has 1 fully saturated rings. The number of fused-ring (bicyclic) bond motifs is 1. The van der Waals surface area contributed by atoms with Gasteiger partial charge in [-0.2, -0.15) is 0 Å². The number of hydrogen-bond acceptors (Lipinski definition) is 4. The van der Waals surface area contributed by atoms with E-state index in [1.54, 1.807) is 31.6 Å². The van der Waals surface area contributed by atoms with Crippen LogP contribution in [0.4, 0.5) is 0 Å². The van der Waals surface area contributed by atoms with E-state index < -0.39 is 0 Å². The Morgan fingerprint density at radius 1 is 1.25 bits per heavy atom. The predicted molar refractivity (Wildman–Crippen MR) is 91.8 cm³/mol. The van der Waals surface area contributed by atoms with Crippen molar-refractivity contribution in [3.63, 3.8) is 0 Å². The lowest BCUT2D eigenvalue weighted by molar-refractivity contribution is 0.302. The van der Waals surface area contributed by atoms with Gasteiger partial charge in [-0.15, -0.1) is 0 Å². The third kappa shape index (κ3) is 2.46. The molecule has 1 aliphatic carbocycles. The van der Waals surface area contributed by atoms with Gasteiger partial charge in [-0.25, -0.2) is 0 Å². The zero-order chi connectivity index (χ0) is 16.7. The van der Waals surface area contributed by atoms with Gasteiger partial charge in [-0.1, -0.05) is 0 Å². The number of aromatic nitrogens is 1. The molecule has 0 atom stereocenters. The van der Waals surface area contributed by atoms with Crippen molar-refractivity contribution in [1.29, 1.82) is 0 Å². The first-order valence-electron chi connectivity index (χ1n) is 8.09. The Labute approximate surface area is 139 Å². The molecule has 0 aliphatic heterocycles. The maximum atomic E-state index is 13.1. The Bertz CT molecular complexity index is 936. The molecule has 124 valence electrons. The van der Waals surface area contributed by atoms with Crippen LogP contribution in [0.25, 0.3) is 22.2 Å². The maximum absolute atomic E-state index is 13.1. The average molecular weight is 325 g/mol. The standard InChI is InChI=1S/C19H19NO4/c1-11-16(14-4-3-9-23-14)19(21)17-13(22-2)7-8-15(18(17)20-11)24-10-12-5-6-12/h3-4,7-9,12H,5-6,10H2,1-2H3,(H,20,21). The molecule has 2 aromatic heterocycles. The molecule has 0 bridgehead atoms. The minimum Gasteiger partial charge on any atom is -0.496 e. The van der Waals surface area contributed by atoms with Gasteiger partial charge >= 0.3 is 0 Å². The normalized spacial score (nSPS) is 14.1. The van der Waals surface area contributed by atoms with Crippen molar-refractivity contribution >= 4 is 10.9 Å². The van der Waals surface area contributed by atoms with Gasteiger partial charge in [0.05, 0.1) is 36.4 Å². The van der Waals surface area contributed by atoms with Crippen LogP contribution in [0, 0.1) is 12.8 Å². The number of rotatable bonds is 5. The number of furan rings is 1. The first-order valence-corrected chi connectivity index (χ1v) is 8.09. The van der Waals surface area contributed by atoms with Gasteiger partial charge in [-0.05, 0) is 49.9 Å². The Hall–Kier alpha value is -2.69. The number of nitrogens with one attached hydrogen (secondary N) is 1. The third-order valence-electron chi connectivity index (χ3n) is 4.43. The molecule has 5 heteroatoms. The Morgan fingerprint density at radius 2 is 2.04 bits per heavy atom. The summed E-state index contributed by atoms with van der Waals surface area (Å²) in [4.78, 5) is 16.4. The highest BCUT2D eigenvalue weighted by atomic mass is 16.5. The SMILES string of the molecule is COc1ccc(OCC2CC2)c2[nH]c(C)c(-c3ccco3)c(=O)c12. The van der Waals surface area contributed by atoms with Crippen molar-refractivity contribution in [3.05, 3.63) is 46.4 Å². The second-order valence-corrected chi connectivity index (χ2v) is 6.20. The van der Waals surface area contributed by atoms with E-state index in [2.05, 4.69) is 4.98 Å². The molecule has 4 rings (SSSR count). The Morgan fingerprint density at radius 3 is 2.71 bits per heavy atom. The van der Waals surface area contributed by atoms with Crippen LogP contribution in [0.1, 0.15) is 18.5 Å². The van der Waals surface area contributed by atoms with E-state index in [9.17, 15) is 4.79 Å². The van der Waals surface area contributed by atoms with Gasteiger partial charge in [0, 0.05) is 5.69 Å². The zero-order valence-corrected chi connectivity index (χ0v) is 13.7. The molecular formula is C19H19NO4. The van der Waals surface area contributed by atoms with E-state index in [1.807, 2.05) is 13.0 Å². The van der Waals surface area contributed by atoms with Crippen molar-refractivity contribution in [2.45, 2.75) is 19.8 Å². The maximum Gasteiger partial charge on any atom is 0.204 e. The van der Waals surface area contributed by atoms with Gasteiger partial charge in [-0.3, -0.25) is 4.79 Å². The van der Waals surface area contributed by atoms with Crippen LogP contribution in [0.2, 0.25) is 0 Å². The molecule has 0 radical (unpaired) electrons. The van der Waals surface area contributed by atoms with E-state index in [1.165, 1.54) is 12.8 Å². The summed E-state index contributed by atoms with van der Waals surface area (Å²) in [6, 6.07) is 7.18. The van der Waals surface area contributed by atoms with Crippen LogP contribution < -0.4 is 14.9 Å². The summed E-state index contributed by atoms with van der Waals surface area (Å²) in [5.74, 6) is 2.39. The molecule has 2 heterocycles. The number of aromatic amines is 1.